The van der Waals surface area contributed by atoms with E-state index in [0.29, 0.717) is 5.75 Å². The van der Waals surface area contributed by atoms with E-state index in [1.807, 2.05) is 55.5 Å². The summed E-state index contributed by atoms with van der Waals surface area (Å²) >= 11 is 3.43. The van der Waals surface area contributed by atoms with E-state index in [0.717, 1.165) is 34.2 Å². The van der Waals surface area contributed by atoms with Crippen molar-refractivity contribution >= 4 is 27.5 Å². The fraction of sp³-hybridized carbons (Fsp3) is 0.263. The molecule has 0 aliphatic heterocycles. The number of nitrogens with one attached hydrogen (secondary N) is 1. The van der Waals surface area contributed by atoms with Gasteiger partial charge in [-0.05, 0) is 52.5 Å². The summed E-state index contributed by atoms with van der Waals surface area (Å²) in [5, 5.41) is 4.26. The van der Waals surface area contributed by atoms with E-state index < -0.39 is 0 Å². The molecule has 0 fully saturated rings. The molecule has 24 heavy (non-hydrogen) atoms. The number of benzene rings is 2. The van der Waals surface area contributed by atoms with Gasteiger partial charge in [-0.3, -0.25) is 4.79 Å². The Labute approximate surface area is 151 Å². The minimum absolute atomic E-state index is 0.0840. The van der Waals surface area contributed by atoms with Gasteiger partial charge in [0.1, 0.15) is 5.75 Å². The Morgan fingerprint density at radius 1 is 1.21 bits per heavy atom. The van der Waals surface area contributed by atoms with Gasteiger partial charge in [0.2, 0.25) is 0 Å². The molecule has 2 aromatic rings. The highest BCUT2D eigenvalue weighted by molar-refractivity contribution is 9.10. The summed E-state index contributed by atoms with van der Waals surface area (Å²) in [5.74, 6) is 0.351. The number of carbonyl (C=O) groups excluding carboxylic acids is 1. The molecule has 0 bridgehead atoms. The third-order valence-corrected chi connectivity index (χ3v) is 3.98. The fourth-order valence-electron chi connectivity index (χ4n) is 2.16. The summed E-state index contributed by atoms with van der Waals surface area (Å²) in [4.78, 5) is 12.0. The minimum atomic E-state index is -0.285. The van der Waals surface area contributed by atoms with Crippen molar-refractivity contribution < 1.29 is 9.53 Å². The Bertz CT molecular complexity index is 715. The van der Waals surface area contributed by atoms with E-state index in [1.165, 1.54) is 0 Å². The number of aryl methyl sites for hydroxylation is 1. The molecular weight excluding hydrogens is 368 g/mol. The molecule has 0 aliphatic carbocycles. The third kappa shape index (κ3) is 5.49. The first-order valence-corrected chi connectivity index (χ1v) is 8.69. The van der Waals surface area contributed by atoms with E-state index in [-0.39, 0.29) is 12.5 Å². The molecule has 2 rings (SSSR count). The molecule has 0 saturated carbocycles. The molecular formula is C19H21BrN2O2. The SMILES string of the molecule is CCCC(=NNC(=O)COc1ccc(C)cc1Br)c1ccccc1. The van der Waals surface area contributed by atoms with Crippen molar-refractivity contribution in [3.8, 4) is 5.75 Å². The van der Waals surface area contributed by atoms with Crippen molar-refractivity contribution in [1.82, 2.24) is 5.43 Å². The number of nitrogens with zero attached hydrogens (tertiary/aromatic N) is 1. The summed E-state index contributed by atoms with van der Waals surface area (Å²) in [6.07, 6.45) is 1.76. The van der Waals surface area contributed by atoms with Crippen LogP contribution in [0.4, 0.5) is 0 Å². The first-order chi connectivity index (χ1) is 11.6. The van der Waals surface area contributed by atoms with Gasteiger partial charge in [0, 0.05) is 0 Å². The Balaban J connectivity index is 1.95. The Morgan fingerprint density at radius 3 is 2.62 bits per heavy atom. The number of hydrogen-bond acceptors (Lipinski definition) is 3. The van der Waals surface area contributed by atoms with Crippen molar-refractivity contribution in [2.45, 2.75) is 26.7 Å². The van der Waals surface area contributed by atoms with Crippen LogP contribution in [0.2, 0.25) is 0 Å². The van der Waals surface area contributed by atoms with Crippen LogP contribution >= 0.6 is 15.9 Å². The number of hydrogen-bond donors (Lipinski definition) is 1. The smallest absolute Gasteiger partial charge is 0.277 e. The van der Waals surface area contributed by atoms with E-state index >= 15 is 0 Å². The standard InChI is InChI=1S/C19H21BrN2O2/c1-3-7-17(15-8-5-4-6-9-15)21-22-19(23)13-24-18-11-10-14(2)12-16(18)20/h4-6,8-12H,3,7,13H2,1-2H3,(H,22,23). The van der Waals surface area contributed by atoms with E-state index in [2.05, 4.69) is 33.4 Å². The predicted octanol–water partition coefficient (Wildman–Crippen LogP) is 4.46. The largest absolute Gasteiger partial charge is 0.483 e. The Hall–Kier alpha value is -2.14. The molecule has 0 aliphatic rings. The van der Waals surface area contributed by atoms with Crippen LogP contribution in [0, 0.1) is 6.92 Å². The van der Waals surface area contributed by atoms with Gasteiger partial charge in [-0.1, -0.05) is 49.7 Å². The zero-order chi connectivity index (χ0) is 17.4. The van der Waals surface area contributed by atoms with Gasteiger partial charge in [0.05, 0.1) is 10.2 Å². The average molecular weight is 389 g/mol. The lowest BCUT2D eigenvalue weighted by Crippen LogP contribution is -2.26. The zero-order valence-corrected chi connectivity index (χ0v) is 15.5. The summed E-state index contributed by atoms with van der Waals surface area (Å²) in [7, 11) is 0. The second-order valence-electron chi connectivity index (χ2n) is 5.43. The van der Waals surface area contributed by atoms with E-state index in [9.17, 15) is 4.79 Å². The molecule has 0 radical (unpaired) electrons. The first kappa shape index (κ1) is 18.2. The van der Waals surface area contributed by atoms with Crippen LogP contribution in [0.25, 0.3) is 0 Å². The maximum atomic E-state index is 12.0. The number of hydrazone groups is 1. The molecule has 126 valence electrons. The summed E-state index contributed by atoms with van der Waals surface area (Å²) in [5.41, 5.74) is 5.58. The van der Waals surface area contributed by atoms with Gasteiger partial charge in [-0.15, -0.1) is 0 Å². The van der Waals surface area contributed by atoms with Crippen molar-refractivity contribution in [2.24, 2.45) is 5.10 Å². The molecule has 0 atom stereocenters. The predicted molar refractivity (Wildman–Crippen MR) is 100 cm³/mol. The highest BCUT2D eigenvalue weighted by Gasteiger charge is 2.07. The van der Waals surface area contributed by atoms with Gasteiger partial charge in [-0.2, -0.15) is 5.10 Å². The normalized spacial score (nSPS) is 11.2. The van der Waals surface area contributed by atoms with Crippen LogP contribution < -0.4 is 10.2 Å². The van der Waals surface area contributed by atoms with Gasteiger partial charge in [0.25, 0.3) is 5.91 Å². The van der Waals surface area contributed by atoms with Crippen molar-refractivity contribution in [2.75, 3.05) is 6.61 Å². The summed E-state index contributed by atoms with van der Waals surface area (Å²) in [6.45, 7) is 3.99. The molecule has 0 saturated heterocycles. The maximum Gasteiger partial charge on any atom is 0.277 e. The van der Waals surface area contributed by atoms with Crippen LogP contribution in [0.1, 0.15) is 30.9 Å². The number of halogens is 1. The number of carbonyl (C=O) groups is 1. The van der Waals surface area contributed by atoms with Gasteiger partial charge >= 0.3 is 0 Å². The second-order valence-corrected chi connectivity index (χ2v) is 6.29. The zero-order valence-electron chi connectivity index (χ0n) is 13.9. The highest BCUT2D eigenvalue weighted by atomic mass is 79.9. The van der Waals surface area contributed by atoms with Crippen LogP contribution in [0.15, 0.2) is 58.1 Å². The lowest BCUT2D eigenvalue weighted by atomic mass is 10.1. The molecule has 0 unspecified atom stereocenters. The maximum absolute atomic E-state index is 12.0. The van der Waals surface area contributed by atoms with Crippen LogP contribution in [0.5, 0.6) is 5.75 Å². The molecule has 5 heteroatoms. The monoisotopic (exact) mass is 388 g/mol. The van der Waals surface area contributed by atoms with Crippen molar-refractivity contribution in [3.63, 3.8) is 0 Å². The molecule has 1 amide bonds. The van der Waals surface area contributed by atoms with Gasteiger partial charge in [0.15, 0.2) is 6.61 Å². The van der Waals surface area contributed by atoms with Crippen LogP contribution in [0.3, 0.4) is 0 Å². The topological polar surface area (TPSA) is 50.7 Å². The molecule has 2 aromatic carbocycles. The molecule has 1 N–H and O–H groups in total. The van der Waals surface area contributed by atoms with Crippen LogP contribution in [-0.4, -0.2) is 18.2 Å². The fourth-order valence-corrected chi connectivity index (χ4v) is 2.77. The van der Waals surface area contributed by atoms with E-state index in [4.69, 9.17) is 4.74 Å². The third-order valence-electron chi connectivity index (χ3n) is 3.36. The summed E-state index contributed by atoms with van der Waals surface area (Å²) < 4.78 is 6.35. The quantitative estimate of drug-likeness (QED) is 0.562. The first-order valence-electron chi connectivity index (χ1n) is 7.90. The molecule has 0 heterocycles. The summed E-state index contributed by atoms with van der Waals surface area (Å²) in [6, 6.07) is 15.6. The molecule has 0 aromatic heterocycles. The lowest BCUT2D eigenvalue weighted by Gasteiger charge is -2.09. The molecule has 4 nitrogen and oxygen atoms in total. The molecule has 0 spiro atoms. The second kappa shape index (κ2) is 9.23. The number of rotatable bonds is 7. The van der Waals surface area contributed by atoms with E-state index in [1.54, 1.807) is 0 Å². The Morgan fingerprint density at radius 2 is 1.96 bits per heavy atom. The number of ether oxygens (including phenoxy) is 1. The number of amides is 1. The minimum Gasteiger partial charge on any atom is -0.483 e. The highest BCUT2D eigenvalue weighted by Crippen LogP contribution is 2.25. The van der Waals surface area contributed by atoms with Gasteiger partial charge in [-0.25, -0.2) is 5.43 Å². The lowest BCUT2D eigenvalue weighted by molar-refractivity contribution is -0.123. The van der Waals surface area contributed by atoms with Crippen molar-refractivity contribution in [1.29, 1.82) is 0 Å². The van der Waals surface area contributed by atoms with Crippen LogP contribution in [-0.2, 0) is 4.79 Å². The Kier molecular flexibility index (Phi) is 7.00. The van der Waals surface area contributed by atoms with Crippen molar-refractivity contribution in [3.05, 3.63) is 64.1 Å². The average Bonchev–Trinajstić information content (AvgIpc) is 2.58. The van der Waals surface area contributed by atoms with Gasteiger partial charge < -0.3 is 4.74 Å².